The van der Waals surface area contributed by atoms with E-state index in [0.717, 1.165) is 6.33 Å². The van der Waals surface area contributed by atoms with Crippen LogP contribution in [-0.2, 0) is 4.79 Å². The summed E-state index contributed by atoms with van der Waals surface area (Å²) in [5.74, 6) is -1.70. The maximum atomic E-state index is 12.1. The first-order valence-electron chi connectivity index (χ1n) is 8.93. The van der Waals surface area contributed by atoms with Crippen molar-refractivity contribution in [1.82, 2.24) is 25.8 Å². The Balaban J connectivity index is 1.62. The molecule has 2 amide bonds. The number of hydrazine groups is 2. The lowest BCUT2D eigenvalue weighted by atomic mass is 10.3. The number of ether oxygens (including phenoxy) is 1. The van der Waals surface area contributed by atoms with Crippen molar-refractivity contribution in [3.8, 4) is 5.75 Å². The first kappa shape index (κ1) is 23.4. The van der Waals surface area contributed by atoms with Crippen molar-refractivity contribution in [2.75, 3.05) is 17.5 Å². The van der Waals surface area contributed by atoms with Crippen molar-refractivity contribution in [2.24, 2.45) is 0 Å². The molecule has 0 aliphatic heterocycles. The Morgan fingerprint density at radius 1 is 1.03 bits per heavy atom. The second kappa shape index (κ2) is 10.9. The third kappa shape index (κ3) is 6.38. The number of carbonyl (C=O) groups excluding carboxylic acids is 2. The van der Waals surface area contributed by atoms with Crippen LogP contribution in [0, 0.1) is 10.1 Å². The predicted octanol–water partition coefficient (Wildman–Crippen LogP) is 2.37. The fraction of sp³-hybridized carbons (Fsp3) is 0.0556. The van der Waals surface area contributed by atoms with E-state index in [9.17, 15) is 19.7 Å². The van der Waals surface area contributed by atoms with E-state index < -0.39 is 29.0 Å². The highest BCUT2D eigenvalue weighted by atomic mass is 35.5. The second-order valence-corrected chi connectivity index (χ2v) is 6.87. The maximum absolute atomic E-state index is 12.1. The van der Waals surface area contributed by atoms with Crippen LogP contribution >= 0.6 is 23.2 Å². The fourth-order valence-corrected chi connectivity index (χ4v) is 2.79. The number of amides is 2. The SMILES string of the molecule is O=C(COc1ccc(Cl)cc1Cl)NNc1ncnc(NNC(=O)c2ccncc2)c1[N+](=O)[O-]. The first-order valence-corrected chi connectivity index (χ1v) is 9.69. The minimum absolute atomic E-state index is 0.208. The van der Waals surface area contributed by atoms with Crippen molar-refractivity contribution in [3.05, 3.63) is 74.8 Å². The van der Waals surface area contributed by atoms with Crippen LogP contribution in [0.3, 0.4) is 0 Å². The Labute approximate surface area is 195 Å². The smallest absolute Gasteiger partial charge is 0.356 e. The molecule has 1 aromatic carbocycles. The average molecular weight is 493 g/mol. The molecule has 170 valence electrons. The normalized spacial score (nSPS) is 10.1. The molecule has 2 aromatic heterocycles. The minimum atomic E-state index is -0.792. The predicted molar refractivity (Wildman–Crippen MR) is 118 cm³/mol. The summed E-state index contributed by atoms with van der Waals surface area (Å²) in [7, 11) is 0. The number of carbonyl (C=O) groups is 2. The van der Waals surface area contributed by atoms with E-state index in [0.29, 0.717) is 5.02 Å². The molecule has 0 saturated carbocycles. The molecule has 13 nitrogen and oxygen atoms in total. The number of anilines is 2. The number of nitrogens with zero attached hydrogens (tertiary/aromatic N) is 4. The van der Waals surface area contributed by atoms with Gasteiger partial charge in [-0.2, -0.15) is 0 Å². The van der Waals surface area contributed by atoms with E-state index in [4.69, 9.17) is 27.9 Å². The summed E-state index contributed by atoms with van der Waals surface area (Å²) in [6.45, 7) is -0.458. The van der Waals surface area contributed by atoms with Crippen LogP contribution in [0.25, 0.3) is 0 Å². The fourth-order valence-electron chi connectivity index (χ4n) is 2.33. The molecule has 0 aliphatic rings. The van der Waals surface area contributed by atoms with Crippen LogP contribution < -0.4 is 26.4 Å². The van der Waals surface area contributed by atoms with Crippen molar-refractivity contribution in [2.45, 2.75) is 0 Å². The van der Waals surface area contributed by atoms with Crippen molar-refractivity contribution in [1.29, 1.82) is 0 Å². The van der Waals surface area contributed by atoms with E-state index in [1.165, 1.54) is 42.7 Å². The summed E-state index contributed by atoms with van der Waals surface area (Å²) < 4.78 is 5.28. The number of hydrogen-bond acceptors (Lipinski definition) is 10. The van der Waals surface area contributed by atoms with E-state index in [1.54, 1.807) is 0 Å². The molecular weight excluding hydrogens is 479 g/mol. The summed E-state index contributed by atoms with van der Waals surface area (Å²) in [6, 6.07) is 7.37. The molecule has 3 rings (SSSR count). The molecule has 0 spiro atoms. The van der Waals surface area contributed by atoms with Crippen LogP contribution in [0.5, 0.6) is 5.75 Å². The maximum Gasteiger partial charge on any atom is 0.356 e. The highest BCUT2D eigenvalue weighted by Crippen LogP contribution is 2.28. The zero-order chi connectivity index (χ0) is 23.8. The number of rotatable bonds is 9. The summed E-state index contributed by atoms with van der Waals surface area (Å²) in [5.41, 5.74) is 8.82. The van der Waals surface area contributed by atoms with Crippen LogP contribution in [0.2, 0.25) is 10.0 Å². The van der Waals surface area contributed by atoms with Crippen molar-refractivity contribution < 1.29 is 19.2 Å². The lowest BCUT2D eigenvalue weighted by Crippen LogP contribution is -2.34. The highest BCUT2D eigenvalue weighted by Gasteiger charge is 2.24. The van der Waals surface area contributed by atoms with Crippen LogP contribution in [-0.4, -0.2) is 38.3 Å². The molecule has 33 heavy (non-hydrogen) atoms. The number of nitrogens with one attached hydrogen (secondary N) is 4. The molecule has 3 aromatic rings. The van der Waals surface area contributed by atoms with Gasteiger partial charge in [0.2, 0.25) is 11.6 Å². The Kier molecular flexibility index (Phi) is 7.73. The Morgan fingerprint density at radius 3 is 2.33 bits per heavy atom. The Morgan fingerprint density at radius 2 is 1.70 bits per heavy atom. The summed E-state index contributed by atoms with van der Waals surface area (Å²) in [4.78, 5) is 46.2. The number of benzene rings is 1. The zero-order valence-corrected chi connectivity index (χ0v) is 17.9. The van der Waals surface area contributed by atoms with Gasteiger partial charge in [0.05, 0.1) is 9.95 Å². The number of aromatic nitrogens is 3. The molecule has 4 N–H and O–H groups in total. The van der Waals surface area contributed by atoms with Crippen LogP contribution in [0.1, 0.15) is 10.4 Å². The van der Waals surface area contributed by atoms with E-state index in [-0.39, 0.29) is 28.0 Å². The van der Waals surface area contributed by atoms with Gasteiger partial charge in [0, 0.05) is 23.0 Å². The summed E-state index contributed by atoms with van der Waals surface area (Å²) in [5, 5.41) is 12.1. The van der Waals surface area contributed by atoms with Gasteiger partial charge >= 0.3 is 5.69 Å². The first-order chi connectivity index (χ1) is 15.8. The molecule has 0 aliphatic carbocycles. The molecule has 0 radical (unpaired) electrons. The third-order valence-electron chi connectivity index (χ3n) is 3.81. The average Bonchev–Trinajstić information content (AvgIpc) is 2.81. The van der Waals surface area contributed by atoms with Gasteiger partial charge in [0.15, 0.2) is 6.61 Å². The van der Waals surface area contributed by atoms with Crippen LogP contribution in [0.15, 0.2) is 49.1 Å². The molecule has 2 heterocycles. The van der Waals surface area contributed by atoms with Crippen LogP contribution in [0.4, 0.5) is 17.3 Å². The van der Waals surface area contributed by atoms with Gasteiger partial charge in [-0.05, 0) is 30.3 Å². The lowest BCUT2D eigenvalue weighted by Gasteiger charge is -2.12. The van der Waals surface area contributed by atoms with Gasteiger partial charge in [-0.25, -0.2) is 9.97 Å². The van der Waals surface area contributed by atoms with E-state index in [2.05, 4.69) is 36.7 Å². The highest BCUT2D eigenvalue weighted by molar-refractivity contribution is 6.35. The third-order valence-corrected chi connectivity index (χ3v) is 4.35. The topological polar surface area (TPSA) is 173 Å². The molecular formula is C18H14Cl2N8O5. The van der Waals surface area contributed by atoms with Gasteiger partial charge < -0.3 is 4.74 Å². The van der Waals surface area contributed by atoms with Crippen molar-refractivity contribution >= 4 is 52.3 Å². The summed E-state index contributed by atoms with van der Waals surface area (Å²) in [6.07, 6.45) is 3.82. The van der Waals surface area contributed by atoms with Gasteiger partial charge in [0.1, 0.15) is 12.1 Å². The van der Waals surface area contributed by atoms with Gasteiger partial charge in [0.25, 0.3) is 11.8 Å². The van der Waals surface area contributed by atoms with E-state index >= 15 is 0 Å². The molecule has 0 bridgehead atoms. The number of hydrogen-bond donors (Lipinski definition) is 4. The summed E-state index contributed by atoms with van der Waals surface area (Å²) >= 11 is 11.8. The number of nitro groups is 1. The number of pyridine rings is 1. The van der Waals surface area contributed by atoms with E-state index in [1.807, 2.05) is 0 Å². The monoisotopic (exact) mass is 492 g/mol. The Hall–Kier alpha value is -4.23. The molecule has 0 fully saturated rings. The molecule has 0 atom stereocenters. The standard InChI is InChI=1S/C18H14Cl2N8O5/c19-11-1-2-13(12(20)7-11)33-8-14(29)24-25-16-15(28(31)32)17(23-9-22-16)26-27-18(30)10-3-5-21-6-4-10/h1-7,9H,8H2,(H,24,29)(H,27,30)(H2,22,23,25,26). The van der Waals surface area contributed by atoms with Gasteiger partial charge in [-0.3, -0.25) is 46.4 Å². The molecule has 0 unspecified atom stereocenters. The minimum Gasteiger partial charge on any atom is -0.482 e. The molecule has 0 saturated heterocycles. The largest absolute Gasteiger partial charge is 0.482 e. The van der Waals surface area contributed by atoms with Gasteiger partial charge in [-0.15, -0.1) is 0 Å². The van der Waals surface area contributed by atoms with Gasteiger partial charge in [-0.1, -0.05) is 23.2 Å². The lowest BCUT2D eigenvalue weighted by molar-refractivity contribution is -0.383. The molecule has 15 heteroatoms. The zero-order valence-electron chi connectivity index (χ0n) is 16.4. The van der Waals surface area contributed by atoms with Crippen molar-refractivity contribution in [3.63, 3.8) is 0 Å². The Bertz CT molecular complexity index is 1180. The second-order valence-electron chi connectivity index (χ2n) is 6.03. The quantitative estimate of drug-likeness (QED) is 0.256. The number of halogens is 2.